The van der Waals surface area contributed by atoms with Crippen LogP contribution in [0.1, 0.15) is 18.1 Å². The Bertz CT molecular complexity index is 761. The lowest BCUT2D eigenvalue weighted by Crippen LogP contribution is -2.16. The molecule has 2 N–H and O–H groups in total. The molecule has 0 saturated heterocycles. The van der Waals surface area contributed by atoms with Gasteiger partial charge in [-0.05, 0) is 42.3 Å². The van der Waals surface area contributed by atoms with Gasteiger partial charge < -0.3 is 15.4 Å². The monoisotopic (exact) mass is 348 g/mol. The molecule has 5 nitrogen and oxygen atoms in total. The third kappa shape index (κ3) is 5.56. The fourth-order valence-corrected chi connectivity index (χ4v) is 2.26. The van der Waals surface area contributed by atoms with Crippen LogP contribution in [0, 0.1) is 6.92 Å². The van der Waals surface area contributed by atoms with Gasteiger partial charge in [-0.3, -0.25) is 9.59 Å². The second-order valence-electron chi connectivity index (χ2n) is 5.41. The van der Waals surface area contributed by atoms with E-state index in [9.17, 15) is 18.4 Å². The maximum absolute atomic E-state index is 12.2. The molecule has 0 aliphatic carbocycles. The summed E-state index contributed by atoms with van der Waals surface area (Å²) in [5.74, 6) is -0.415. The molecule has 7 heteroatoms. The predicted octanol–water partition coefficient (Wildman–Crippen LogP) is 3.74. The molecule has 2 aromatic carbocycles. The average molecular weight is 348 g/mol. The number of alkyl halides is 2. The van der Waals surface area contributed by atoms with Crippen LogP contribution in [0.5, 0.6) is 5.75 Å². The zero-order chi connectivity index (χ0) is 18.4. The third-order valence-electron chi connectivity index (χ3n) is 3.43. The van der Waals surface area contributed by atoms with Gasteiger partial charge in [0.25, 0.3) is 0 Å². The molecule has 0 heterocycles. The predicted molar refractivity (Wildman–Crippen MR) is 90.9 cm³/mol. The molecule has 0 aromatic heterocycles. The highest BCUT2D eigenvalue weighted by atomic mass is 19.3. The van der Waals surface area contributed by atoms with E-state index < -0.39 is 6.61 Å². The normalized spacial score (nSPS) is 10.4. The van der Waals surface area contributed by atoms with E-state index in [0.717, 1.165) is 5.56 Å². The topological polar surface area (TPSA) is 67.4 Å². The summed E-state index contributed by atoms with van der Waals surface area (Å²) in [5, 5.41) is 5.47. The molecule has 0 unspecified atom stereocenters. The number of nitrogens with one attached hydrogen (secondary N) is 2. The largest absolute Gasteiger partial charge is 0.435 e. The number of hydrogen-bond acceptors (Lipinski definition) is 3. The van der Waals surface area contributed by atoms with Crippen LogP contribution in [-0.4, -0.2) is 18.4 Å². The first-order valence-electron chi connectivity index (χ1n) is 7.56. The Hall–Kier alpha value is -2.96. The fourth-order valence-electron chi connectivity index (χ4n) is 2.26. The number of amides is 2. The summed E-state index contributed by atoms with van der Waals surface area (Å²) in [6.45, 7) is 0.316. The van der Waals surface area contributed by atoms with E-state index >= 15 is 0 Å². The number of carbonyl (C=O) groups is 2. The van der Waals surface area contributed by atoms with Gasteiger partial charge in [0.15, 0.2) is 0 Å². The molecule has 0 saturated carbocycles. The Morgan fingerprint density at radius 3 is 2.20 bits per heavy atom. The molecule has 0 fully saturated rings. The molecule has 2 amide bonds. The van der Waals surface area contributed by atoms with Crippen molar-refractivity contribution in [2.24, 2.45) is 0 Å². The first-order chi connectivity index (χ1) is 11.8. The lowest BCUT2D eigenvalue weighted by molar-refractivity contribution is -0.116. The maximum atomic E-state index is 12.2. The summed E-state index contributed by atoms with van der Waals surface area (Å²) >= 11 is 0. The van der Waals surface area contributed by atoms with Gasteiger partial charge >= 0.3 is 6.61 Å². The van der Waals surface area contributed by atoms with Gasteiger partial charge in [0.2, 0.25) is 11.8 Å². The minimum absolute atomic E-state index is 0.0398. The van der Waals surface area contributed by atoms with Crippen LogP contribution < -0.4 is 15.4 Å². The number of benzene rings is 2. The van der Waals surface area contributed by atoms with Gasteiger partial charge in [-0.2, -0.15) is 8.78 Å². The van der Waals surface area contributed by atoms with Gasteiger partial charge in [0.05, 0.1) is 6.42 Å². The quantitative estimate of drug-likeness (QED) is 0.836. The SMILES string of the molecule is CC(=O)Nc1cccc(NC(=O)Cc2ccc(OC(F)F)cc2)c1C. The number of ether oxygens (including phenoxy) is 1. The first kappa shape index (κ1) is 18.4. The molecule has 0 spiro atoms. The highest BCUT2D eigenvalue weighted by molar-refractivity contribution is 5.95. The van der Waals surface area contributed by atoms with Gasteiger partial charge in [-0.15, -0.1) is 0 Å². The molecule has 0 aliphatic heterocycles. The van der Waals surface area contributed by atoms with E-state index in [-0.39, 0.29) is 24.0 Å². The van der Waals surface area contributed by atoms with E-state index in [1.807, 2.05) is 0 Å². The molecule has 0 radical (unpaired) electrons. The zero-order valence-corrected chi connectivity index (χ0v) is 13.8. The number of hydrogen-bond donors (Lipinski definition) is 2. The van der Waals surface area contributed by atoms with Crippen LogP contribution in [0.15, 0.2) is 42.5 Å². The van der Waals surface area contributed by atoms with Crippen molar-refractivity contribution in [3.8, 4) is 5.75 Å². The first-order valence-corrected chi connectivity index (χ1v) is 7.56. The van der Waals surface area contributed by atoms with Crippen LogP contribution in [-0.2, 0) is 16.0 Å². The molecule has 0 bridgehead atoms. The van der Waals surface area contributed by atoms with E-state index in [4.69, 9.17) is 0 Å². The second-order valence-corrected chi connectivity index (χ2v) is 5.41. The Labute approximate surface area is 144 Å². The maximum Gasteiger partial charge on any atom is 0.387 e. The number of carbonyl (C=O) groups excluding carboxylic acids is 2. The fraction of sp³-hybridized carbons (Fsp3) is 0.222. The summed E-state index contributed by atoms with van der Waals surface area (Å²) in [5.41, 5.74) is 2.62. The zero-order valence-electron chi connectivity index (χ0n) is 13.8. The Morgan fingerprint density at radius 2 is 1.64 bits per heavy atom. The van der Waals surface area contributed by atoms with Crippen molar-refractivity contribution in [2.75, 3.05) is 10.6 Å². The molecular weight excluding hydrogens is 330 g/mol. The standard InChI is InChI=1S/C18H18F2N2O3/c1-11-15(21-12(2)23)4-3-5-16(11)22-17(24)10-13-6-8-14(9-7-13)25-18(19)20/h3-9,18H,10H2,1-2H3,(H,21,23)(H,22,24). The highest BCUT2D eigenvalue weighted by Crippen LogP contribution is 2.23. The van der Waals surface area contributed by atoms with Gasteiger partial charge in [0, 0.05) is 18.3 Å². The van der Waals surface area contributed by atoms with E-state index in [1.165, 1.54) is 19.1 Å². The Balaban J connectivity index is 2.01. The van der Waals surface area contributed by atoms with Crippen LogP contribution in [0.25, 0.3) is 0 Å². The van der Waals surface area contributed by atoms with E-state index in [0.29, 0.717) is 16.9 Å². The van der Waals surface area contributed by atoms with Crippen molar-refractivity contribution < 1.29 is 23.1 Å². The van der Waals surface area contributed by atoms with Crippen molar-refractivity contribution in [2.45, 2.75) is 26.9 Å². The van der Waals surface area contributed by atoms with Crippen molar-refractivity contribution in [3.63, 3.8) is 0 Å². The summed E-state index contributed by atoms with van der Waals surface area (Å²) in [6, 6.07) is 11.1. The van der Waals surface area contributed by atoms with E-state index in [2.05, 4.69) is 15.4 Å². The van der Waals surface area contributed by atoms with Crippen LogP contribution in [0.3, 0.4) is 0 Å². The van der Waals surface area contributed by atoms with Crippen LogP contribution in [0.2, 0.25) is 0 Å². The van der Waals surface area contributed by atoms with Crippen molar-refractivity contribution in [1.82, 2.24) is 0 Å². The van der Waals surface area contributed by atoms with Crippen molar-refractivity contribution >= 4 is 23.2 Å². The van der Waals surface area contributed by atoms with Crippen molar-refractivity contribution in [1.29, 1.82) is 0 Å². The molecule has 0 aliphatic rings. The minimum atomic E-state index is -2.88. The minimum Gasteiger partial charge on any atom is -0.435 e. The summed E-state index contributed by atoms with van der Waals surface area (Å²) in [6.07, 6.45) is 0.0821. The highest BCUT2D eigenvalue weighted by Gasteiger charge is 2.10. The molecular formula is C18H18F2N2O3. The van der Waals surface area contributed by atoms with Gasteiger partial charge in [-0.1, -0.05) is 18.2 Å². The molecule has 25 heavy (non-hydrogen) atoms. The summed E-state index contributed by atoms with van der Waals surface area (Å²) in [7, 11) is 0. The lowest BCUT2D eigenvalue weighted by Gasteiger charge is -2.13. The molecule has 2 aromatic rings. The summed E-state index contributed by atoms with van der Waals surface area (Å²) < 4.78 is 28.5. The average Bonchev–Trinajstić information content (AvgIpc) is 2.52. The number of anilines is 2. The number of halogens is 2. The molecule has 0 atom stereocenters. The van der Waals surface area contributed by atoms with Gasteiger partial charge in [0.1, 0.15) is 5.75 Å². The van der Waals surface area contributed by atoms with Gasteiger partial charge in [-0.25, -0.2) is 0 Å². The molecule has 2 rings (SSSR count). The lowest BCUT2D eigenvalue weighted by atomic mass is 10.1. The smallest absolute Gasteiger partial charge is 0.387 e. The summed E-state index contributed by atoms with van der Waals surface area (Å²) in [4.78, 5) is 23.4. The molecule has 132 valence electrons. The van der Waals surface area contributed by atoms with Crippen molar-refractivity contribution in [3.05, 3.63) is 53.6 Å². The Kier molecular flexibility index (Phi) is 6.05. The van der Waals surface area contributed by atoms with Crippen LogP contribution >= 0.6 is 0 Å². The van der Waals surface area contributed by atoms with Crippen LogP contribution in [0.4, 0.5) is 20.2 Å². The van der Waals surface area contributed by atoms with E-state index in [1.54, 1.807) is 37.3 Å². The Morgan fingerprint density at radius 1 is 1.04 bits per heavy atom. The second kappa shape index (κ2) is 8.23. The number of rotatable bonds is 6. The third-order valence-corrected chi connectivity index (χ3v) is 3.43.